The van der Waals surface area contributed by atoms with E-state index in [9.17, 15) is 0 Å². The lowest BCUT2D eigenvalue weighted by molar-refractivity contribution is 0.511. The Bertz CT molecular complexity index is 1710. The van der Waals surface area contributed by atoms with Crippen molar-refractivity contribution in [2.24, 2.45) is 0 Å². The largest absolute Gasteiger partial charge is 0.0646 e. The minimum Gasteiger partial charge on any atom is -0.0646 e. The summed E-state index contributed by atoms with van der Waals surface area (Å²) < 4.78 is 0. The molecule has 6 aromatic carbocycles. The Morgan fingerprint density at radius 3 is 1.49 bits per heavy atom. The van der Waals surface area contributed by atoms with E-state index < -0.39 is 0 Å². The van der Waals surface area contributed by atoms with Crippen molar-refractivity contribution < 1.29 is 0 Å². The van der Waals surface area contributed by atoms with E-state index in [0.717, 1.165) is 6.42 Å². The number of hydrogen-bond acceptors (Lipinski definition) is 0. The fourth-order valence-electron chi connectivity index (χ4n) is 6.39. The zero-order valence-corrected chi connectivity index (χ0v) is 21.7. The van der Waals surface area contributed by atoms with Crippen LogP contribution in [0.2, 0.25) is 0 Å². The average Bonchev–Trinajstić information content (AvgIpc) is 3.28. The fraction of sp³-hybridized carbons (Fsp3) is 0.135. The van der Waals surface area contributed by atoms with Crippen molar-refractivity contribution in [1.29, 1.82) is 0 Å². The smallest absolute Gasteiger partial charge is 0.000741 e. The summed E-state index contributed by atoms with van der Waals surface area (Å²) in [6.07, 6.45) is 1.10. The second kappa shape index (κ2) is 8.18. The molecule has 0 saturated heterocycles. The lowest BCUT2D eigenvalue weighted by Gasteiger charge is -2.25. The average molecular weight is 475 g/mol. The van der Waals surface area contributed by atoms with E-state index in [1.807, 2.05) is 0 Å². The van der Waals surface area contributed by atoms with Gasteiger partial charge in [-0.15, -0.1) is 0 Å². The highest BCUT2D eigenvalue weighted by molar-refractivity contribution is 6.27. The highest BCUT2D eigenvalue weighted by Crippen LogP contribution is 2.58. The summed E-state index contributed by atoms with van der Waals surface area (Å²) in [5.74, 6) is 0. The van der Waals surface area contributed by atoms with Crippen LogP contribution in [-0.2, 0) is 5.41 Å². The first kappa shape index (κ1) is 22.1. The van der Waals surface area contributed by atoms with Gasteiger partial charge in [-0.25, -0.2) is 0 Å². The molecule has 0 atom stereocenters. The van der Waals surface area contributed by atoms with Gasteiger partial charge in [0.2, 0.25) is 0 Å². The third-order valence-corrected chi connectivity index (χ3v) is 8.53. The normalized spacial score (nSPS) is 12.3. The predicted octanol–water partition coefficient (Wildman–Crippen LogP) is 10.7. The van der Waals surface area contributed by atoms with E-state index >= 15 is 0 Å². The molecular formula is C37H30. The van der Waals surface area contributed by atoms with E-state index in [2.05, 4.69) is 136 Å². The maximum absolute atomic E-state index is 2.40. The van der Waals surface area contributed by atoms with Crippen LogP contribution in [0, 0.1) is 0 Å². The Morgan fingerprint density at radius 2 is 0.946 bits per heavy atom. The van der Waals surface area contributed by atoms with Gasteiger partial charge in [-0.2, -0.15) is 0 Å². The van der Waals surface area contributed by atoms with E-state index in [1.54, 1.807) is 0 Å². The van der Waals surface area contributed by atoms with Crippen LogP contribution in [0.3, 0.4) is 0 Å². The molecule has 0 amide bonds. The predicted molar refractivity (Wildman–Crippen MR) is 160 cm³/mol. The molecule has 0 N–H and O–H groups in total. The molecule has 0 fully saturated rings. The highest BCUT2D eigenvalue weighted by Gasteiger charge is 2.32. The Hall–Kier alpha value is -4.16. The molecule has 0 saturated carbocycles. The van der Waals surface area contributed by atoms with Crippen LogP contribution in [0.4, 0.5) is 0 Å². The van der Waals surface area contributed by atoms with E-state index in [-0.39, 0.29) is 5.41 Å². The standard InChI is InChI=1S/C37H30/c1-4-37(2,3)31-23-22-30-34-28(31)20-13-21-29(34)35-32(24-14-7-5-8-15-24)26-18-11-12-19-27(26)33(36(30)35)25-16-9-6-10-17-25/h5-23H,4H2,1-3H3. The summed E-state index contributed by atoms with van der Waals surface area (Å²) in [5, 5.41) is 5.41. The lowest BCUT2D eigenvalue weighted by Crippen LogP contribution is -2.15. The molecule has 7 rings (SSSR count). The van der Waals surface area contributed by atoms with Crippen molar-refractivity contribution in [3.8, 4) is 44.5 Å². The Kier molecular flexibility index (Phi) is 4.88. The Morgan fingerprint density at radius 1 is 0.459 bits per heavy atom. The van der Waals surface area contributed by atoms with E-state index in [4.69, 9.17) is 0 Å². The molecule has 0 aromatic heterocycles. The fourth-order valence-corrected chi connectivity index (χ4v) is 6.39. The number of fused-ring (bicyclic) bond motifs is 4. The zero-order valence-electron chi connectivity index (χ0n) is 21.7. The molecule has 6 aromatic rings. The molecule has 0 unspecified atom stereocenters. The topological polar surface area (TPSA) is 0 Å². The van der Waals surface area contributed by atoms with Gasteiger partial charge in [0, 0.05) is 0 Å². The van der Waals surface area contributed by atoms with Crippen molar-refractivity contribution >= 4 is 21.5 Å². The van der Waals surface area contributed by atoms with Crippen molar-refractivity contribution in [3.63, 3.8) is 0 Å². The second-order valence-electron chi connectivity index (χ2n) is 10.9. The molecule has 178 valence electrons. The molecule has 0 radical (unpaired) electrons. The third-order valence-electron chi connectivity index (χ3n) is 8.53. The first-order valence-electron chi connectivity index (χ1n) is 13.4. The van der Waals surface area contributed by atoms with Crippen molar-refractivity contribution in [1.82, 2.24) is 0 Å². The summed E-state index contributed by atoms with van der Waals surface area (Å²) in [7, 11) is 0. The molecule has 0 nitrogen and oxygen atoms in total. The quantitative estimate of drug-likeness (QED) is 0.238. The summed E-state index contributed by atoms with van der Waals surface area (Å²) in [4.78, 5) is 0. The maximum Gasteiger partial charge on any atom is -0.000741 e. The van der Waals surface area contributed by atoms with Crippen molar-refractivity contribution in [3.05, 3.63) is 121 Å². The molecule has 1 aliphatic rings. The highest BCUT2D eigenvalue weighted by atomic mass is 14.3. The Balaban J connectivity index is 1.72. The van der Waals surface area contributed by atoms with E-state index in [1.165, 1.54) is 71.6 Å². The van der Waals surface area contributed by atoms with Gasteiger partial charge in [-0.05, 0) is 83.5 Å². The Labute approximate surface area is 219 Å². The monoisotopic (exact) mass is 474 g/mol. The van der Waals surface area contributed by atoms with Gasteiger partial charge in [0.1, 0.15) is 0 Å². The number of benzene rings is 6. The first-order valence-corrected chi connectivity index (χ1v) is 13.4. The molecule has 0 heterocycles. The van der Waals surface area contributed by atoms with Gasteiger partial charge in [0.15, 0.2) is 0 Å². The zero-order chi connectivity index (χ0) is 25.1. The van der Waals surface area contributed by atoms with Crippen molar-refractivity contribution in [2.45, 2.75) is 32.6 Å². The summed E-state index contributed by atoms with van der Waals surface area (Å²) in [6.45, 7) is 7.04. The molecule has 0 heteroatoms. The summed E-state index contributed by atoms with van der Waals surface area (Å²) in [6, 6.07) is 42.6. The first-order chi connectivity index (χ1) is 18.1. The van der Waals surface area contributed by atoms with Crippen LogP contribution in [0.25, 0.3) is 66.1 Å². The van der Waals surface area contributed by atoms with Crippen molar-refractivity contribution in [2.75, 3.05) is 0 Å². The number of rotatable bonds is 4. The van der Waals surface area contributed by atoms with Gasteiger partial charge in [0.05, 0.1) is 0 Å². The second-order valence-corrected chi connectivity index (χ2v) is 10.9. The van der Waals surface area contributed by atoms with Gasteiger partial charge >= 0.3 is 0 Å². The molecular weight excluding hydrogens is 444 g/mol. The van der Waals surface area contributed by atoms with Gasteiger partial charge in [-0.3, -0.25) is 0 Å². The van der Waals surface area contributed by atoms with Crippen LogP contribution in [-0.4, -0.2) is 0 Å². The van der Waals surface area contributed by atoms with Crippen LogP contribution in [0.5, 0.6) is 0 Å². The molecule has 0 bridgehead atoms. The van der Waals surface area contributed by atoms with Crippen LogP contribution >= 0.6 is 0 Å². The van der Waals surface area contributed by atoms with Crippen LogP contribution < -0.4 is 0 Å². The summed E-state index contributed by atoms with van der Waals surface area (Å²) in [5.41, 5.74) is 12.2. The lowest BCUT2D eigenvalue weighted by atomic mass is 9.79. The molecule has 0 aliphatic heterocycles. The molecule has 37 heavy (non-hydrogen) atoms. The van der Waals surface area contributed by atoms with Gasteiger partial charge in [0.25, 0.3) is 0 Å². The molecule has 1 aliphatic carbocycles. The SMILES string of the molecule is CCC(C)(C)c1ccc2c3c(cccc13)-c1c-2c(-c2ccccc2)c2ccccc2c1-c1ccccc1. The van der Waals surface area contributed by atoms with Crippen LogP contribution in [0.15, 0.2) is 115 Å². The minimum absolute atomic E-state index is 0.112. The van der Waals surface area contributed by atoms with Gasteiger partial charge in [-0.1, -0.05) is 136 Å². The maximum atomic E-state index is 2.40. The van der Waals surface area contributed by atoms with Gasteiger partial charge < -0.3 is 0 Å². The van der Waals surface area contributed by atoms with E-state index in [0.29, 0.717) is 0 Å². The third kappa shape index (κ3) is 3.15. The minimum atomic E-state index is 0.112. The van der Waals surface area contributed by atoms with Crippen LogP contribution in [0.1, 0.15) is 32.8 Å². The number of hydrogen-bond donors (Lipinski definition) is 0. The summed E-state index contributed by atoms with van der Waals surface area (Å²) >= 11 is 0. The molecule has 0 spiro atoms.